The van der Waals surface area contributed by atoms with Gasteiger partial charge in [0.15, 0.2) is 5.82 Å². The van der Waals surface area contributed by atoms with Gasteiger partial charge >= 0.3 is 0 Å². The van der Waals surface area contributed by atoms with Crippen molar-refractivity contribution in [3.63, 3.8) is 0 Å². The minimum Gasteiger partial charge on any atom is -0.542 e. The highest BCUT2D eigenvalue weighted by Crippen LogP contribution is 2.22. The van der Waals surface area contributed by atoms with E-state index in [-0.39, 0.29) is 5.82 Å². The van der Waals surface area contributed by atoms with E-state index in [1.807, 2.05) is 6.07 Å². The van der Waals surface area contributed by atoms with Gasteiger partial charge in [0, 0.05) is 0 Å². The summed E-state index contributed by atoms with van der Waals surface area (Å²) in [4.78, 5) is 3.53. The predicted octanol–water partition coefficient (Wildman–Crippen LogP) is 4.01. The van der Waals surface area contributed by atoms with Gasteiger partial charge in [0.2, 0.25) is 8.32 Å². The molecular formula is C14H26FNOSi2. The van der Waals surface area contributed by atoms with Gasteiger partial charge in [0.1, 0.15) is 14.0 Å². The Hall–Kier alpha value is -0.656. The fraction of sp³-hybridized carbons (Fsp3) is 0.571. The average molecular weight is 300 g/mol. The minimum atomic E-state index is -1.74. The van der Waals surface area contributed by atoms with Crippen LogP contribution in [0.2, 0.25) is 39.3 Å². The van der Waals surface area contributed by atoms with Crippen molar-refractivity contribution in [2.45, 2.75) is 45.7 Å². The fourth-order valence-corrected chi connectivity index (χ4v) is 3.39. The van der Waals surface area contributed by atoms with Crippen LogP contribution in [-0.2, 0) is 6.42 Å². The van der Waals surface area contributed by atoms with Crippen molar-refractivity contribution in [1.29, 1.82) is 0 Å². The third kappa shape index (κ3) is 6.89. The molecule has 1 aromatic carbocycles. The first-order valence-corrected chi connectivity index (χ1v) is 13.7. The summed E-state index contributed by atoms with van der Waals surface area (Å²) in [5, 5.41) is 0. The van der Waals surface area contributed by atoms with Gasteiger partial charge < -0.3 is 9.41 Å². The van der Waals surface area contributed by atoms with Crippen molar-refractivity contribution < 1.29 is 8.82 Å². The number of hydrogen-bond donors (Lipinski definition) is 1. The molecule has 0 radical (unpaired) electrons. The third-order valence-corrected chi connectivity index (χ3v) is 4.62. The maximum Gasteiger partial charge on any atom is 0.242 e. The molecule has 5 heteroatoms. The lowest BCUT2D eigenvalue weighted by Crippen LogP contribution is -2.42. The van der Waals surface area contributed by atoms with Crippen molar-refractivity contribution >= 4 is 16.6 Å². The highest BCUT2D eigenvalue weighted by atomic mass is 28.4. The molecule has 0 atom stereocenters. The van der Waals surface area contributed by atoms with Crippen LogP contribution >= 0.6 is 0 Å². The van der Waals surface area contributed by atoms with E-state index in [4.69, 9.17) is 4.43 Å². The van der Waals surface area contributed by atoms with Gasteiger partial charge in [0.05, 0.1) is 0 Å². The maximum atomic E-state index is 13.9. The Labute approximate surface area is 118 Å². The molecule has 1 N–H and O–H groups in total. The number of rotatable bonds is 6. The lowest BCUT2D eigenvalue weighted by Gasteiger charge is -2.20. The van der Waals surface area contributed by atoms with Gasteiger partial charge in [-0.3, -0.25) is 0 Å². The van der Waals surface area contributed by atoms with E-state index in [0.29, 0.717) is 5.75 Å². The molecule has 0 amide bonds. The maximum absolute atomic E-state index is 13.9. The third-order valence-electron chi connectivity index (χ3n) is 2.48. The molecule has 0 saturated carbocycles. The molecule has 19 heavy (non-hydrogen) atoms. The quantitative estimate of drug-likeness (QED) is 0.802. The molecule has 0 saturated heterocycles. The number of nitrogens with one attached hydrogen (secondary N) is 1. The SMILES string of the molecule is C[Si](C)(C)NCCc1ccc(O[Si](C)(C)C)c(F)c1. The molecule has 0 aliphatic carbocycles. The Balaban J connectivity index is 2.62. The monoisotopic (exact) mass is 299 g/mol. The second kappa shape index (κ2) is 6.20. The van der Waals surface area contributed by atoms with E-state index < -0.39 is 16.6 Å². The molecule has 0 aliphatic heterocycles. The lowest BCUT2D eigenvalue weighted by atomic mass is 10.1. The fourth-order valence-electron chi connectivity index (χ4n) is 1.69. The number of hydrogen-bond acceptors (Lipinski definition) is 2. The molecule has 0 bridgehead atoms. The van der Waals surface area contributed by atoms with Gasteiger partial charge in [-0.05, 0) is 50.3 Å². The summed E-state index contributed by atoms with van der Waals surface area (Å²) in [5.74, 6) is 0.147. The second-order valence-electron chi connectivity index (χ2n) is 6.91. The van der Waals surface area contributed by atoms with Crippen LogP contribution in [0.15, 0.2) is 18.2 Å². The van der Waals surface area contributed by atoms with Crippen molar-refractivity contribution in [3.05, 3.63) is 29.6 Å². The first-order chi connectivity index (χ1) is 8.57. The molecule has 0 fully saturated rings. The summed E-state index contributed by atoms with van der Waals surface area (Å²) in [6.45, 7) is 13.9. The van der Waals surface area contributed by atoms with Crippen molar-refractivity contribution in [2.24, 2.45) is 0 Å². The number of halogens is 1. The van der Waals surface area contributed by atoms with Crippen molar-refractivity contribution in [3.8, 4) is 5.75 Å². The topological polar surface area (TPSA) is 21.3 Å². The predicted molar refractivity (Wildman–Crippen MR) is 85.4 cm³/mol. The summed E-state index contributed by atoms with van der Waals surface area (Å²) in [6.07, 6.45) is 0.856. The summed E-state index contributed by atoms with van der Waals surface area (Å²) < 4.78 is 19.6. The van der Waals surface area contributed by atoms with E-state index in [1.54, 1.807) is 12.1 Å². The highest BCUT2D eigenvalue weighted by molar-refractivity contribution is 6.73. The summed E-state index contributed by atoms with van der Waals surface area (Å²) >= 11 is 0. The molecule has 1 aromatic rings. The average Bonchev–Trinajstić information content (AvgIpc) is 2.18. The Morgan fingerprint density at radius 1 is 1.11 bits per heavy atom. The molecule has 0 spiro atoms. The highest BCUT2D eigenvalue weighted by Gasteiger charge is 2.18. The van der Waals surface area contributed by atoms with Gasteiger partial charge in [-0.1, -0.05) is 25.7 Å². The molecule has 0 aliphatic rings. The van der Waals surface area contributed by atoms with Gasteiger partial charge in [0.25, 0.3) is 0 Å². The van der Waals surface area contributed by atoms with Crippen LogP contribution in [0, 0.1) is 5.82 Å². The van der Waals surface area contributed by atoms with Crippen LogP contribution in [0.4, 0.5) is 4.39 Å². The number of benzene rings is 1. The first-order valence-electron chi connectivity index (χ1n) is 6.79. The smallest absolute Gasteiger partial charge is 0.242 e. The van der Waals surface area contributed by atoms with E-state index in [1.165, 1.54) is 0 Å². The minimum absolute atomic E-state index is 0.243. The van der Waals surface area contributed by atoms with Crippen LogP contribution in [0.3, 0.4) is 0 Å². The van der Waals surface area contributed by atoms with E-state index in [0.717, 1.165) is 18.5 Å². The molecule has 108 valence electrons. The summed E-state index contributed by atoms with van der Waals surface area (Å²) in [6, 6.07) is 5.32. The Bertz CT molecular complexity index is 424. The lowest BCUT2D eigenvalue weighted by molar-refractivity contribution is 0.494. The van der Waals surface area contributed by atoms with Crippen molar-refractivity contribution in [2.75, 3.05) is 6.54 Å². The molecular weight excluding hydrogens is 273 g/mol. The van der Waals surface area contributed by atoms with Gasteiger partial charge in [-0.2, -0.15) is 0 Å². The van der Waals surface area contributed by atoms with Gasteiger partial charge in [-0.25, -0.2) is 4.39 Å². The van der Waals surface area contributed by atoms with Gasteiger partial charge in [-0.15, -0.1) is 0 Å². The Morgan fingerprint density at radius 3 is 2.21 bits per heavy atom. The van der Waals surface area contributed by atoms with E-state index in [9.17, 15) is 4.39 Å². The van der Waals surface area contributed by atoms with Crippen LogP contribution < -0.4 is 9.41 Å². The zero-order chi connectivity index (χ0) is 14.7. The molecule has 2 nitrogen and oxygen atoms in total. The molecule has 0 unspecified atom stereocenters. The first kappa shape index (κ1) is 16.4. The Kier molecular flexibility index (Phi) is 5.35. The standard InChI is InChI=1S/C14H26FNOSi2/c1-18(2,3)16-10-9-12-7-8-14(13(15)11-12)17-19(4,5)6/h7-8,11,16H,9-10H2,1-6H3. The van der Waals surface area contributed by atoms with Crippen LogP contribution in [0.5, 0.6) is 5.75 Å². The molecule has 0 heterocycles. The zero-order valence-electron chi connectivity index (χ0n) is 12.9. The summed E-state index contributed by atoms with van der Waals surface area (Å²) in [5.41, 5.74) is 1.02. The van der Waals surface area contributed by atoms with Crippen LogP contribution in [-0.4, -0.2) is 23.1 Å². The Morgan fingerprint density at radius 2 is 1.74 bits per heavy atom. The molecule has 0 aromatic heterocycles. The van der Waals surface area contributed by atoms with E-state index in [2.05, 4.69) is 44.3 Å². The summed E-state index contributed by atoms with van der Waals surface area (Å²) in [7, 11) is -2.97. The normalized spacial score (nSPS) is 12.6. The van der Waals surface area contributed by atoms with E-state index >= 15 is 0 Å². The second-order valence-corrected chi connectivity index (χ2v) is 16.2. The molecule has 1 rings (SSSR count). The van der Waals surface area contributed by atoms with Crippen LogP contribution in [0.1, 0.15) is 5.56 Å². The van der Waals surface area contributed by atoms with Crippen LogP contribution in [0.25, 0.3) is 0 Å². The largest absolute Gasteiger partial charge is 0.542 e. The van der Waals surface area contributed by atoms with Crippen molar-refractivity contribution in [1.82, 2.24) is 4.98 Å². The zero-order valence-corrected chi connectivity index (χ0v) is 14.9.